The first-order chi connectivity index (χ1) is 7.77. The third-order valence-electron chi connectivity index (χ3n) is 2.86. The van der Waals surface area contributed by atoms with Crippen molar-refractivity contribution in [1.82, 2.24) is 9.97 Å². The van der Waals surface area contributed by atoms with Gasteiger partial charge in [-0.25, -0.2) is 9.97 Å². The molecule has 1 N–H and O–H groups in total. The third kappa shape index (κ3) is 1.15. The molecule has 0 saturated heterocycles. The van der Waals surface area contributed by atoms with E-state index in [1.54, 1.807) is 0 Å². The van der Waals surface area contributed by atoms with Gasteiger partial charge in [-0.2, -0.15) is 0 Å². The Bertz CT molecular complexity index is 631. The van der Waals surface area contributed by atoms with Crippen molar-refractivity contribution in [2.24, 2.45) is 0 Å². The standard InChI is InChI=1S/C13H10N2O/c1-8-3-2-4-10-9(8)5-6-11-12(10)14-7-15-13(11)16/h2-7H,1H3,(H,14,15,16). The van der Waals surface area contributed by atoms with Crippen LogP contribution in [-0.2, 0) is 0 Å². The van der Waals surface area contributed by atoms with Crippen molar-refractivity contribution in [1.29, 1.82) is 0 Å². The second-order valence-corrected chi connectivity index (χ2v) is 3.83. The average Bonchev–Trinajstić information content (AvgIpc) is 2.30. The molecule has 0 unspecified atom stereocenters. The molecule has 0 atom stereocenters. The van der Waals surface area contributed by atoms with Gasteiger partial charge in [0.15, 0.2) is 0 Å². The van der Waals surface area contributed by atoms with Crippen molar-refractivity contribution < 1.29 is 5.11 Å². The SMILES string of the molecule is Cc1cccc2c1ccc1c(O)ncnc12. The second-order valence-electron chi connectivity index (χ2n) is 3.83. The van der Waals surface area contributed by atoms with Crippen LogP contribution in [0.3, 0.4) is 0 Å². The summed E-state index contributed by atoms with van der Waals surface area (Å²) in [6.45, 7) is 2.06. The van der Waals surface area contributed by atoms with Gasteiger partial charge in [-0.1, -0.05) is 24.3 Å². The molecule has 0 aliphatic carbocycles. The Morgan fingerprint density at radius 3 is 2.62 bits per heavy atom. The highest BCUT2D eigenvalue weighted by Crippen LogP contribution is 2.28. The van der Waals surface area contributed by atoms with E-state index >= 15 is 0 Å². The number of hydrogen-bond donors (Lipinski definition) is 1. The Labute approximate surface area is 92.4 Å². The molecule has 1 heterocycles. The minimum absolute atomic E-state index is 0.0356. The summed E-state index contributed by atoms with van der Waals surface area (Å²) in [5.41, 5.74) is 2.01. The molecular weight excluding hydrogens is 200 g/mol. The van der Waals surface area contributed by atoms with E-state index in [4.69, 9.17) is 0 Å². The molecule has 0 aliphatic heterocycles. The first-order valence-electron chi connectivity index (χ1n) is 5.09. The lowest BCUT2D eigenvalue weighted by Crippen LogP contribution is -1.86. The third-order valence-corrected chi connectivity index (χ3v) is 2.86. The summed E-state index contributed by atoms with van der Waals surface area (Å²) in [4.78, 5) is 8.02. The summed E-state index contributed by atoms with van der Waals surface area (Å²) < 4.78 is 0. The van der Waals surface area contributed by atoms with Gasteiger partial charge in [0.05, 0.1) is 10.9 Å². The van der Waals surface area contributed by atoms with Gasteiger partial charge in [0.2, 0.25) is 5.88 Å². The summed E-state index contributed by atoms with van der Waals surface area (Å²) in [6.07, 6.45) is 1.39. The van der Waals surface area contributed by atoms with Crippen LogP contribution < -0.4 is 0 Å². The second kappa shape index (κ2) is 3.17. The smallest absolute Gasteiger partial charge is 0.221 e. The van der Waals surface area contributed by atoms with Gasteiger partial charge in [0, 0.05) is 5.39 Å². The fourth-order valence-corrected chi connectivity index (χ4v) is 2.03. The Hall–Kier alpha value is -2.16. The molecule has 0 saturated carbocycles. The highest BCUT2D eigenvalue weighted by Gasteiger charge is 2.06. The van der Waals surface area contributed by atoms with E-state index < -0.39 is 0 Å². The monoisotopic (exact) mass is 210 g/mol. The van der Waals surface area contributed by atoms with Gasteiger partial charge in [-0.05, 0) is 23.9 Å². The van der Waals surface area contributed by atoms with Crippen molar-refractivity contribution in [3.05, 3.63) is 42.2 Å². The normalized spacial score (nSPS) is 11.1. The van der Waals surface area contributed by atoms with Crippen LogP contribution in [0.15, 0.2) is 36.7 Å². The molecule has 0 aliphatic rings. The van der Waals surface area contributed by atoms with Crippen molar-refractivity contribution in [2.45, 2.75) is 6.92 Å². The van der Waals surface area contributed by atoms with Crippen LogP contribution in [0.1, 0.15) is 5.56 Å². The lowest BCUT2D eigenvalue weighted by atomic mass is 10.0. The minimum atomic E-state index is 0.0356. The summed E-state index contributed by atoms with van der Waals surface area (Å²) in [5.74, 6) is 0.0356. The van der Waals surface area contributed by atoms with Gasteiger partial charge in [-0.15, -0.1) is 0 Å². The molecule has 3 heteroatoms. The van der Waals surface area contributed by atoms with Crippen LogP contribution in [-0.4, -0.2) is 15.1 Å². The Morgan fingerprint density at radius 1 is 0.938 bits per heavy atom. The van der Waals surface area contributed by atoms with Crippen LogP contribution in [0.2, 0.25) is 0 Å². The van der Waals surface area contributed by atoms with Crippen LogP contribution in [0.25, 0.3) is 21.7 Å². The number of benzene rings is 2. The van der Waals surface area contributed by atoms with Crippen molar-refractivity contribution in [2.75, 3.05) is 0 Å². The van der Waals surface area contributed by atoms with Gasteiger partial charge in [0.25, 0.3) is 0 Å². The van der Waals surface area contributed by atoms with Crippen molar-refractivity contribution >= 4 is 21.7 Å². The number of aryl methyl sites for hydroxylation is 1. The van der Waals surface area contributed by atoms with E-state index in [0.717, 1.165) is 16.3 Å². The van der Waals surface area contributed by atoms with Crippen LogP contribution in [0.5, 0.6) is 5.88 Å². The highest BCUT2D eigenvalue weighted by molar-refractivity contribution is 6.07. The van der Waals surface area contributed by atoms with Crippen molar-refractivity contribution in [3.63, 3.8) is 0 Å². The molecule has 0 amide bonds. The fourth-order valence-electron chi connectivity index (χ4n) is 2.03. The van der Waals surface area contributed by atoms with E-state index in [1.807, 2.05) is 24.3 Å². The zero-order valence-electron chi connectivity index (χ0n) is 8.81. The van der Waals surface area contributed by atoms with Crippen LogP contribution >= 0.6 is 0 Å². The van der Waals surface area contributed by atoms with Crippen LogP contribution in [0, 0.1) is 6.92 Å². The van der Waals surface area contributed by atoms with E-state index in [9.17, 15) is 5.11 Å². The van der Waals surface area contributed by atoms with Crippen LogP contribution in [0.4, 0.5) is 0 Å². The highest BCUT2D eigenvalue weighted by atomic mass is 16.3. The summed E-state index contributed by atoms with van der Waals surface area (Å²) in [7, 11) is 0. The molecule has 1 aromatic heterocycles. The maximum absolute atomic E-state index is 9.65. The Balaban J connectivity index is 2.60. The molecule has 0 bridgehead atoms. The summed E-state index contributed by atoms with van der Waals surface area (Å²) >= 11 is 0. The zero-order chi connectivity index (χ0) is 11.1. The Morgan fingerprint density at radius 2 is 1.75 bits per heavy atom. The molecule has 16 heavy (non-hydrogen) atoms. The van der Waals surface area contributed by atoms with E-state index in [0.29, 0.717) is 5.39 Å². The number of hydrogen-bond acceptors (Lipinski definition) is 3. The van der Waals surface area contributed by atoms with Gasteiger partial charge in [-0.3, -0.25) is 0 Å². The van der Waals surface area contributed by atoms with E-state index in [-0.39, 0.29) is 5.88 Å². The zero-order valence-corrected chi connectivity index (χ0v) is 8.81. The fraction of sp³-hybridized carbons (Fsp3) is 0.0769. The molecule has 0 spiro atoms. The summed E-state index contributed by atoms with van der Waals surface area (Å²) in [5, 5.41) is 12.6. The quantitative estimate of drug-likeness (QED) is 0.580. The van der Waals surface area contributed by atoms with Gasteiger partial charge >= 0.3 is 0 Å². The number of aromatic nitrogens is 2. The maximum atomic E-state index is 9.65. The Kier molecular flexibility index (Phi) is 1.80. The molecule has 2 aromatic carbocycles. The lowest BCUT2D eigenvalue weighted by Gasteiger charge is -2.05. The number of rotatable bonds is 0. The van der Waals surface area contributed by atoms with Gasteiger partial charge < -0.3 is 5.11 Å². The van der Waals surface area contributed by atoms with E-state index in [1.165, 1.54) is 11.9 Å². The first-order valence-corrected chi connectivity index (χ1v) is 5.09. The molecule has 3 rings (SSSR count). The van der Waals surface area contributed by atoms with Gasteiger partial charge in [0.1, 0.15) is 6.33 Å². The lowest BCUT2D eigenvalue weighted by molar-refractivity contribution is 0.459. The minimum Gasteiger partial charge on any atom is -0.493 e. The number of aromatic hydroxyl groups is 1. The molecule has 3 nitrogen and oxygen atoms in total. The van der Waals surface area contributed by atoms with Crippen molar-refractivity contribution in [3.8, 4) is 5.88 Å². The topological polar surface area (TPSA) is 46.0 Å². The molecule has 78 valence electrons. The number of nitrogens with zero attached hydrogens (tertiary/aromatic N) is 2. The summed E-state index contributed by atoms with van der Waals surface area (Å²) in [6, 6.07) is 9.93. The molecule has 3 aromatic rings. The first kappa shape index (κ1) is 9.09. The average molecular weight is 210 g/mol. The largest absolute Gasteiger partial charge is 0.493 e. The van der Waals surface area contributed by atoms with E-state index in [2.05, 4.69) is 23.0 Å². The number of fused-ring (bicyclic) bond motifs is 3. The molecular formula is C13H10N2O. The molecule has 0 radical (unpaired) electrons. The maximum Gasteiger partial charge on any atom is 0.221 e. The molecule has 0 fully saturated rings. The predicted molar refractivity (Wildman–Crippen MR) is 63.4 cm³/mol. The predicted octanol–water partition coefficient (Wildman–Crippen LogP) is 2.80.